The number of hydrogen-bond acceptors (Lipinski definition) is 7. The number of likely N-dealkylation sites (tertiary alicyclic amines) is 1. The number of hydrogen-bond donors (Lipinski definition) is 3. The van der Waals surface area contributed by atoms with Gasteiger partial charge in [0.05, 0.1) is 5.02 Å². The normalized spacial score (nSPS) is 19.4. The summed E-state index contributed by atoms with van der Waals surface area (Å²) in [6, 6.07) is 9.10. The van der Waals surface area contributed by atoms with Gasteiger partial charge in [-0.1, -0.05) is 23.7 Å². The molecule has 0 spiro atoms. The molecule has 1 aliphatic heterocycles. The van der Waals surface area contributed by atoms with Crippen LogP contribution in [0.25, 0.3) is 22.3 Å². The number of aromatic hydroxyl groups is 2. The van der Waals surface area contributed by atoms with Crippen molar-refractivity contribution in [2.75, 3.05) is 20.1 Å². The first-order valence-electron chi connectivity index (χ1n) is 9.62. The number of phenols is 2. The molecule has 0 amide bonds. The molecule has 1 saturated heterocycles. The Balaban J connectivity index is 1.97. The third kappa shape index (κ3) is 3.92. The zero-order chi connectivity index (χ0) is 22.3. The Labute approximate surface area is 181 Å². The summed E-state index contributed by atoms with van der Waals surface area (Å²) in [5.74, 6) is -1.16. The van der Waals surface area contributed by atoms with Crippen LogP contribution in [0.3, 0.4) is 0 Å². The van der Waals surface area contributed by atoms with E-state index in [0.29, 0.717) is 30.1 Å². The molecule has 31 heavy (non-hydrogen) atoms. The number of rotatable bonds is 3. The first kappa shape index (κ1) is 21.0. The van der Waals surface area contributed by atoms with Crippen molar-refractivity contribution in [1.29, 1.82) is 0 Å². The van der Waals surface area contributed by atoms with Gasteiger partial charge in [-0.25, -0.2) is 4.79 Å². The van der Waals surface area contributed by atoms with E-state index < -0.39 is 29.4 Å². The van der Waals surface area contributed by atoms with Crippen LogP contribution in [0.2, 0.25) is 5.02 Å². The number of benzene rings is 2. The summed E-state index contributed by atoms with van der Waals surface area (Å²) in [5, 5.41) is 30.5. The minimum atomic E-state index is -1.44. The summed E-state index contributed by atoms with van der Waals surface area (Å²) < 4.78 is 11.1. The standard InChI is InChI=1S/C22H20ClNO7/c1-24-7-6-12(18(10-24)31-22(28)29)19-14(25)8-15(26)20-16(27)9-17(30-21(19)20)11-4-2-3-5-13(11)23/h2-5,8-9,12,18,25-26H,6-7,10H2,1H3,(H,28,29)/t12?,18-/m0/s1. The smallest absolute Gasteiger partial charge is 0.506 e. The second-order valence-electron chi connectivity index (χ2n) is 7.57. The molecule has 1 aromatic heterocycles. The minimum absolute atomic E-state index is 0.0199. The van der Waals surface area contributed by atoms with Crippen molar-refractivity contribution in [3.63, 3.8) is 0 Å². The van der Waals surface area contributed by atoms with Crippen LogP contribution in [0.5, 0.6) is 11.5 Å². The van der Waals surface area contributed by atoms with E-state index in [4.69, 9.17) is 20.8 Å². The quantitative estimate of drug-likeness (QED) is 0.517. The van der Waals surface area contributed by atoms with E-state index in [0.717, 1.165) is 6.07 Å². The molecule has 162 valence electrons. The zero-order valence-corrected chi connectivity index (χ0v) is 17.3. The molecule has 0 saturated carbocycles. The summed E-state index contributed by atoms with van der Waals surface area (Å²) in [4.78, 5) is 26.0. The van der Waals surface area contributed by atoms with E-state index >= 15 is 0 Å². The molecular weight excluding hydrogens is 426 g/mol. The third-order valence-electron chi connectivity index (χ3n) is 5.52. The molecule has 0 aliphatic carbocycles. The first-order chi connectivity index (χ1) is 14.8. The van der Waals surface area contributed by atoms with Gasteiger partial charge < -0.3 is 29.4 Å². The van der Waals surface area contributed by atoms with Crippen molar-refractivity contribution in [3.05, 3.63) is 57.2 Å². The van der Waals surface area contributed by atoms with E-state index in [1.165, 1.54) is 6.07 Å². The third-order valence-corrected chi connectivity index (χ3v) is 5.85. The maximum absolute atomic E-state index is 12.9. The highest BCUT2D eigenvalue weighted by atomic mass is 35.5. The molecule has 1 aliphatic rings. The Bertz CT molecular complexity index is 1220. The van der Waals surface area contributed by atoms with Crippen LogP contribution < -0.4 is 5.43 Å². The number of fused-ring (bicyclic) bond motifs is 1. The highest BCUT2D eigenvalue weighted by Gasteiger charge is 2.36. The van der Waals surface area contributed by atoms with E-state index in [1.54, 1.807) is 24.3 Å². The predicted octanol–water partition coefficient (Wildman–Crippen LogP) is 4.01. The molecule has 3 N–H and O–H groups in total. The summed E-state index contributed by atoms with van der Waals surface area (Å²) in [7, 11) is 1.83. The van der Waals surface area contributed by atoms with Crippen molar-refractivity contribution in [2.24, 2.45) is 0 Å². The number of nitrogens with zero attached hydrogens (tertiary/aromatic N) is 1. The van der Waals surface area contributed by atoms with E-state index in [1.807, 2.05) is 11.9 Å². The second-order valence-corrected chi connectivity index (χ2v) is 7.97. The predicted molar refractivity (Wildman–Crippen MR) is 114 cm³/mol. The molecule has 2 atom stereocenters. The van der Waals surface area contributed by atoms with E-state index in [2.05, 4.69) is 0 Å². The molecule has 4 rings (SSSR count). The Morgan fingerprint density at radius 2 is 1.97 bits per heavy atom. The number of phenolic OH excluding ortho intramolecular Hbond substituents is 2. The molecule has 8 nitrogen and oxygen atoms in total. The van der Waals surface area contributed by atoms with Crippen LogP contribution in [0.4, 0.5) is 4.79 Å². The van der Waals surface area contributed by atoms with Gasteiger partial charge in [0, 0.05) is 35.7 Å². The molecule has 2 aromatic carbocycles. The van der Waals surface area contributed by atoms with Crippen LogP contribution in [0, 0.1) is 0 Å². The van der Waals surface area contributed by atoms with Crippen molar-refractivity contribution in [1.82, 2.24) is 4.90 Å². The Hall–Kier alpha value is -3.23. The topological polar surface area (TPSA) is 120 Å². The minimum Gasteiger partial charge on any atom is -0.507 e. The van der Waals surface area contributed by atoms with Gasteiger partial charge in [0.15, 0.2) is 5.43 Å². The van der Waals surface area contributed by atoms with Crippen LogP contribution in [-0.2, 0) is 4.74 Å². The Morgan fingerprint density at radius 3 is 2.68 bits per heavy atom. The molecule has 0 bridgehead atoms. The van der Waals surface area contributed by atoms with Crippen molar-refractivity contribution < 1.29 is 29.3 Å². The highest BCUT2D eigenvalue weighted by molar-refractivity contribution is 6.33. The van der Waals surface area contributed by atoms with Crippen molar-refractivity contribution >= 4 is 28.7 Å². The number of piperidine rings is 1. The SMILES string of the molecule is CN1CCC(c2c(O)cc(O)c3c(=O)cc(-c4ccccc4Cl)oc23)[C@@H](OC(=O)O)C1. The number of likely N-dealkylation sites (N-methyl/N-ethyl adjacent to an activating group) is 1. The number of carboxylic acid groups (broad SMARTS) is 1. The van der Waals surface area contributed by atoms with Gasteiger partial charge in [-0.2, -0.15) is 0 Å². The Kier molecular flexibility index (Phi) is 5.51. The number of carbonyl (C=O) groups is 1. The van der Waals surface area contributed by atoms with E-state index in [-0.39, 0.29) is 28.0 Å². The van der Waals surface area contributed by atoms with Gasteiger partial charge in [-0.3, -0.25) is 4.79 Å². The highest BCUT2D eigenvalue weighted by Crippen LogP contribution is 2.43. The fourth-order valence-electron chi connectivity index (χ4n) is 4.12. The molecule has 0 radical (unpaired) electrons. The van der Waals surface area contributed by atoms with Gasteiger partial charge in [-0.15, -0.1) is 0 Å². The lowest BCUT2D eigenvalue weighted by Crippen LogP contribution is -2.43. The average Bonchev–Trinajstić information content (AvgIpc) is 2.68. The summed E-state index contributed by atoms with van der Waals surface area (Å²) >= 11 is 6.26. The van der Waals surface area contributed by atoms with Gasteiger partial charge in [-0.05, 0) is 32.1 Å². The van der Waals surface area contributed by atoms with Crippen molar-refractivity contribution in [2.45, 2.75) is 18.4 Å². The van der Waals surface area contributed by atoms with Crippen LogP contribution >= 0.6 is 11.6 Å². The molecular formula is C22H20ClNO7. The van der Waals surface area contributed by atoms with Gasteiger partial charge >= 0.3 is 6.16 Å². The fourth-order valence-corrected chi connectivity index (χ4v) is 4.35. The molecule has 3 aromatic rings. The van der Waals surface area contributed by atoms with Crippen LogP contribution in [-0.4, -0.2) is 52.6 Å². The summed E-state index contributed by atoms with van der Waals surface area (Å²) in [6.07, 6.45) is -1.79. The fraction of sp³-hybridized carbons (Fsp3) is 0.273. The maximum Gasteiger partial charge on any atom is 0.506 e. The molecule has 9 heteroatoms. The lowest BCUT2D eigenvalue weighted by atomic mass is 9.85. The largest absolute Gasteiger partial charge is 0.507 e. The summed E-state index contributed by atoms with van der Waals surface area (Å²) in [6.45, 7) is 0.910. The molecule has 1 fully saturated rings. The summed E-state index contributed by atoms with van der Waals surface area (Å²) in [5.41, 5.74) is 0.156. The van der Waals surface area contributed by atoms with Crippen LogP contribution in [0.15, 0.2) is 45.6 Å². The first-order valence-corrected chi connectivity index (χ1v) is 9.99. The lowest BCUT2D eigenvalue weighted by Gasteiger charge is -2.36. The number of ether oxygens (including phenoxy) is 1. The zero-order valence-electron chi connectivity index (χ0n) is 16.5. The second kappa shape index (κ2) is 8.13. The van der Waals surface area contributed by atoms with Gasteiger partial charge in [0.1, 0.15) is 34.3 Å². The maximum atomic E-state index is 12.9. The number of halogens is 1. The molecule has 1 unspecified atom stereocenters. The van der Waals surface area contributed by atoms with E-state index in [9.17, 15) is 24.9 Å². The lowest BCUT2D eigenvalue weighted by molar-refractivity contribution is 0.00695. The Morgan fingerprint density at radius 1 is 1.23 bits per heavy atom. The van der Waals surface area contributed by atoms with Gasteiger partial charge in [0.2, 0.25) is 0 Å². The molecule has 2 heterocycles. The average molecular weight is 446 g/mol. The van der Waals surface area contributed by atoms with Crippen molar-refractivity contribution in [3.8, 4) is 22.8 Å². The monoisotopic (exact) mass is 445 g/mol. The van der Waals surface area contributed by atoms with Crippen LogP contribution in [0.1, 0.15) is 17.9 Å². The van der Waals surface area contributed by atoms with Gasteiger partial charge in [0.25, 0.3) is 0 Å².